The summed E-state index contributed by atoms with van der Waals surface area (Å²) in [6, 6.07) is 5.08. The Morgan fingerprint density at radius 2 is 1.44 bits per heavy atom. The highest BCUT2D eigenvalue weighted by molar-refractivity contribution is 6.03. The van der Waals surface area contributed by atoms with Gasteiger partial charge in [-0.15, -0.1) is 0 Å². The van der Waals surface area contributed by atoms with Crippen LogP contribution in [0.2, 0.25) is 0 Å². The van der Waals surface area contributed by atoms with Crippen molar-refractivity contribution >= 4 is 17.6 Å². The summed E-state index contributed by atoms with van der Waals surface area (Å²) in [5.74, 6) is -1.01. The number of nitrogens with one attached hydrogen (secondary N) is 1. The van der Waals surface area contributed by atoms with Crippen LogP contribution in [0.4, 0.5) is 5.69 Å². The number of anilines is 1. The molecule has 0 bridgehead atoms. The van der Waals surface area contributed by atoms with Crippen molar-refractivity contribution < 1.29 is 19.1 Å². The first kappa shape index (κ1) is 21.0. The van der Waals surface area contributed by atoms with Crippen LogP contribution in [0.1, 0.15) is 80.0 Å². The Kier molecular flexibility index (Phi) is 10.4. The van der Waals surface area contributed by atoms with Crippen molar-refractivity contribution in [3.05, 3.63) is 29.3 Å². The average Bonchev–Trinajstić information content (AvgIpc) is 2.61. The van der Waals surface area contributed by atoms with Crippen LogP contribution in [0.15, 0.2) is 18.2 Å². The van der Waals surface area contributed by atoms with Crippen LogP contribution >= 0.6 is 0 Å². The van der Waals surface area contributed by atoms with Gasteiger partial charge in [-0.1, -0.05) is 39.0 Å². The zero-order valence-corrected chi connectivity index (χ0v) is 15.7. The molecule has 5 nitrogen and oxygen atoms in total. The minimum absolute atomic E-state index is 0.241. The molecule has 0 heterocycles. The second-order valence-electron chi connectivity index (χ2n) is 5.90. The van der Waals surface area contributed by atoms with Crippen molar-refractivity contribution in [2.45, 2.75) is 59.3 Å². The van der Waals surface area contributed by atoms with Gasteiger partial charge in [0.2, 0.25) is 0 Å². The largest absolute Gasteiger partial charge is 0.462 e. The lowest BCUT2D eigenvalue weighted by atomic mass is 10.1. The molecule has 1 rings (SSSR count). The number of carbonyl (C=O) groups excluding carboxylic acids is 2. The molecule has 0 saturated carbocycles. The summed E-state index contributed by atoms with van der Waals surface area (Å²) in [5.41, 5.74) is 1.29. The summed E-state index contributed by atoms with van der Waals surface area (Å²) in [4.78, 5) is 24.2. The van der Waals surface area contributed by atoms with Gasteiger partial charge < -0.3 is 14.8 Å². The van der Waals surface area contributed by atoms with Crippen molar-refractivity contribution in [3.8, 4) is 0 Å². The molecule has 25 heavy (non-hydrogen) atoms. The van der Waals surface area contributed by atoms with Crippen molar-refractivity contribution in [1.29, 1.82) is 0 Å². The van der Waals surface area contributed by atoms with Crippen molar-refractivity contribution in [1.82, 2.24) is 0 Å². The first-order valence-corrected chi connectivity index (χ1v) is 9.36. The predicted octanol–water partition coefficient (Wildman–Crippen LogP) is 4.81. The van der Waals surface area contributed by atoms with Gasteiger partial charge >= 0.3 is 11.9 Å². The molecule has 1 N–H and O–H groups in total. The molecule has 0 radical (unpaired) electrons. The van der Waals surface area contributed by atoms with Gasteiger partial charge in [0.05, 0.1) is 24.3 Å². The summed E-state index contributed by atoms with van der Waals surface area (Å²) in [5, 5.41) is 3.31. The number of rotatable bonds is 12. The fourth-order valence-electron chi connectivity index (χ4n) is 2.56. The van der Waals surface area contributed by atoms with Crippen LogP contribution in [0.5, 0.6) is 0 Å². The number of carbonyl (C=O) groups is 2. The van der Waals surface area contributed by atoms with Crippen LogP contribution < -0.4 is 5.32 Å². The van der Waals surface area contributed by atoms with Gasteiger partial charge in [0, 0.05) is 12.2 Å². The second kappa shape index (κ2) is 12.3. The monoisotopic (exact) mass is 349 g/mol. The van der Waals surface area contributed by atoms with E-state index in [-0.39, 0.29) is 24.3 Å². The average molecular weight is 349 g/mol. The molecule has 0 saturated heterocycles. The molecule has 0 fully saturated rings. The Morgan fingerprint density at radius 3 is 2.08 bits per heavy atom. The molecule has 0 unspecified atom stereocenters. The summed E-state index contributed by atoms with van der Waals surface area (Å²) in [7, 11) is 0. The number of benzene rings is 1. The minimum Gasteiger partial charge on any atom is -0.462 e. The lowest BCUT2D eigenvalue weighted by Crippen LogP contribution is -2.15. The lowest BCUT2D eigenvalue weighted by Gasteiger charge is -2.12. The molecule has 0 aliphatic rings. The molecule has 0 aromatic heterocycles. The third-order valence-corrected chi connectivity index (χ3v) is 3.87. The van der Waals surface area contributed by atoms with E-state index in [1.165, 1.54) is 32.1 Å². The van der Waals surface area contributed by atoms with Crippen LogP contribution in [-0.2, 0) is 9.47 Å². The van der Waals surface area contributed by atoms with E-state index in [0.717, 1.165) is 18.7 Å². The molecule has 5 heteroatoms. The molecular weight excluding hydrogens is 318 g/mol. The summed E-state index contributed by atoms with van der Waals surface area (Å²) in [6.45, 7) is 7.05. The van der Waals surface area contributed by atoms with E-state index >= 15 is 0 Å². The van der Waals surface area contributed by atoms with Crippen molar-refractivity contribution in [2.75, 3.05) is 25.1 Å². The smallest absolute Gasteiger partial charge is 0.339 e. The third kappa shape index (κ3) is 7.59. The molecule has 1 aromatic rings. The van der Waals surface area contributed by atoms with Crippen LogP contribution in [0.25, 0.3) is 0 Å². The number of ether oxygens (including phenoxy) is 2. The fraction of sp³-hybridized carbons (Fsp3) is 0.600. The molecule has 0 atom stereocenters. The Morgan fingerprint density at radius 1 is 0.840 bits per heavy atom. The Labute approximate surface area is 151 Å². The summed E-state index contributed by atoms with van der Waals surface area (Å²) in [6.07, 6.45) is 7.37. The highest BCUT2D eigenvalue weighted by Gasteiger charge is 2.19. The highest BCUT2D eigenvalue weighted by atomic mass is 16.5. The molecular formula is C20H31NO4. The number of esters is 2. The van der Waals surface area contributed by atoms with Crippen molar-refractivity contribution in [3.63, 3.8) is 0 Å². The zero-order valence-electron chi connectivity index (χ0n) is 15.7. The van der Waals surface area contributed by atoms with Gasteiger partial charge in [-0.3, -0.25) is 0 Å². The maximum absolute atomic E-state index is 12.1. The SMILES string of the molecule is CCCCCCCCNc1ccc(C(=O)OCC)c(C(=O)OCC)c1. The fourth-order valence-corrected chi connectivity index (χ4v) is 2.56. The standard InChI is InChI=1S/C20H31NO4/c1-4-7-8-9-10-11-14-21-16-12-13-17(19(22)24-5-2)18(15-16)20(23)25-6-3/h12-13,15,21H,4-11,14H2,1-3H3. The van der Waals surface area contributed by atoms with E-state index in [1.54, 1.807) is 32.0 Å². The number of hydrogen-bond acceptors (Lipinski definition) is 5. The zero-order chi connectivity index (χ0) is 18.5. The van der Waals surface area contributed by atoms with E-state index < -0.39 is 11.9 Å². The van der Waals surface area contributed by atoms with E-state index in [9.17, 15) is 9.59 Å². The maximum Gasteiger partial charge on any atom is 0.339 e. The third-order valence-electron chi connectivity index (χ3n) is 3.87. The second-order valence-corrected chi connectivity index (χ2v) is 5.90. The van der Waals surface area contributed by atoms with Gasteiger partial charge in [0.15, 0.2) is 0 Å². The predicted molar refractivity (Wildman–Crippen MR) is 100 cm³/mol. The Bertz CT molecular complexity index is 542. The van der Waals surface area contributed by atoms with E-state index in [2.05, 4.69) is 12.2 Å². The van der Waals surface area contributed by atoms with Gasteiger partial charge in [-0.2, -0.15) is 0 Å². The number of hydrogen-bond donors (Lipinski definition) is 1. The quantitative estimate of drug-likeness (QED) is 0.433. The summed E-state index contributed by atoms with van der Waals surface area (Å²) < 4.78 is 10.1. The molecule has 140 valence electrons. The number of unbranched alkanes of at least 4 members (excludes halogenated alkanes) is 5. The van der Waals surface area contributed by atoms with Crippen LogP contribution in [-0.4, -0.2) is 31.7 Å². The van der Waals surface area contributed by atoms with Gasteiger partial charge in [0.1, 0.15) is 0 Å². The van der Waals surface area contributed by atoms with Crippen molar-refractivity contribution in [2.24, 2.45) is 0 Å². The lowest BCUT2D eigenvalue weighted by molar-refractivity contribution is 0.0479. The van der Waals surface area contributed by atoms with Crippen LogP contribution in [0.3, 0.4) is 0 Å². The molecule has 0 amide bonds. The van der Waals surface area contributed by atoms with E-state index in [0.29, 0.717) is 0 Å². The molecule has 1 aromatic carbocycles. The van der Waals surface area contributed by atoms with Gasteiger partial charge in [-0.05, 0) is 38.5 Å². The minimum atomic E-state index is -0.506. The first-order valence-electron chi connectivity index (χ1n) is 9.36. The highest BCUT2D eigenvalue weighted by Crippen LogP contribution is 2.19. The van der Waals surface area contributed by atoms with Crippen LogP contribution in [0, 0.1) is 0 Å². The molecule has 0 aliphatic heterocycles. The summed E-state index contributed by atoms with van der Waals surface area (Å²) >= 11 is 0. The maximum atomic E-state index is 12.1. The van der Waals surface area contributed by atoms with E-state index in [4.69, 9.17) is 9.47 Å². The van der Waals surface area contributed by atoms with E-state index in [1.807, 2.05) is 0 Å². The van der Waals surface area contributed by atoms with Gasteiger partial charge in [0.25, 0.3) is 0 Å². The molecule has 0 aliphatic carbocycles. The van der Waals surface area contributed by atoms with Gasteiger partial charge in [-0.25, -0.2) is 9.59 Å². The normalized spacial score (nSPS) is 10.4. The Balaban J connectivity index is 2.67. The Hall–Kier alpha value is -2.04. The first-order chi connectivity index (χ1) is 12.1. The topological polar surface area (TPSA) is 64.6 Å². The molecule has 0 spiro atoms.